The van der Waals surface area contributed by atoms with E-state index in [2.05, 4.69) is 40.6 Å². The Bertz CT molecular complexity index is 1040. The van der Waals surface area contributed by atoms with Crippen LogP contribution in [0.4, 0.5) is 0 Å². The van der Waals surface area contributed by atoms with Crippen LogP contribution in [0.1, 0.15) is 12.0 Å². The van der Waals surface area contributed by atoms with Gasteiger partial charge in [-0.05, 0) is 52.8 Å². The van der Waals surface area contributed by atoms with Gasteiger partial charge in [0.2, 0.25) is 0 Å². The van der Waals surface area contributed by atoms with Crippen LogP contribution >= 0.6 is 35.0 Å². The number of hydrogen-bond acceptors (Lipinski definition) is 5. The standard InChI is InChI=1S/C22H20Cl2N4S/c23-18-10-15(11-19(24)12-18)14-3-1-4-16(9-14)22(17-5-8-29-13-17)20-26-6-2-7-28(20)21(25)27-22/h1,3-5,8-12,17H,2,6-7,13H2,(H2,25,27). The van der Waals surface area contributed by atoms with E-state index in [1.165, 1.54) is 0 Å². The molecule has 2 aromatic rings. The molecule has 3 aliphatic heterocycles. The maximum atomic E-state index is 6.39. The second-order valence-corrected chi connectivity index (χ2v) is 9.27. The summed E-state index contributed by atoms with van der Waals surface area (Å²) in [6.45, 7) is 1.67. The molecule has 0 aromatic heterocycles. The molecular weight excluding hydrogens is 423 g/mol. The zero-order valence-corrected chi connectivity index (χ0v) is 18.0. The normalized spacial score (nSPS) is 25.7. The van der Waals surface area contributed by atoms with Gasteiger partial charge < -0.3 is 5.73 Å². The second-order valence-electron chi connectivity index (χ2n) is 7.45. The number of aliphatic imine (C=N–C) groups is 2. The fraction of sp³-hybridized carbons (Fsp3) is 0.273. The van der Waals surface area contributed by atoms with E-state index < -0.39 is 5.54 Å². The number of guanidine groups is 1. The highest BCUT2D eigenvalue weighted by atomic mass is 35.5. The number of amidine groups is 1. The highest BCUT2D eigenvalue weighted by molar-refractivity contribution is 8.02. The van der Waals surface area contributed by atoms with Crippen molar-refractivity contribution in [3.63, 3.8) is 0 Å². The zero-order chi connectivity index (χ0) is 20.0. The van der Waals surface area contributed by atoms with Crippen molar-refractivity contribution >= 4 is 46.8 Å². The highest BCUT2D eigenvalue weighted by Crippen LogP contribution is 2.46. The largest absolute Gasteiger partial charge is 0.369 e. The number of nitrogens with two attached hydrogens (primary N) is 1. The summed E-state index contributed by atoms with van der Waals surface area (Å²) in [6.07, 6.45) is 3.23. The van der Waals surface area contributed by atoms with Crippen molar-refractivity contribution in [2.45, 2.75) is 12.0 Å². The Morgan fingerprint density at radius 2 is 1.93 bits per heavy atom. The molecule has 0 radical (unpaired) electrons. The first-order valence-corrected chi connectivity index (χ1v) is 11.4. The van der Waals surface area contributed by atoms with Gasteiger partial charge in [-0.25, -0.2) is 4.99 Å². The molecule has 4 nitrogen and oxygen atoms in total. The van der Waals surface area contributed by atoms with Gasteiger partial charge in [0.05, 0.1) is 0 Å². The molecule has 2 unspecified atom stereocenters. The summed E-state index contributed by atoms with van der Waals surface area (Å²) < 4.78 is 0. The molecule has 2 N–H and O–H groups in total. The maximum absolute atomic E-state index is 6.39. The Morgan fingerprint density at radius 3 is 2.69 bits per heavy atom. The van der Waals surface area contributed by atoms with Gasteiger partial charge in [-0.2, -0.15) is 0 Å². The van der Waals surface area contributed by atoms with E-state index in [0.717, 1.165) is 47.8 Å². The van der Waals surface area contributed by atoms with Crippen molar-refractivity contribution < 1.29 is 0 Å². The molecule has 0 saturated carbocycles. The molecule has 3 aliphatic rings. The van der Waals surface area contributed by atoms with E-state index in [0.29, 0.717) is 16.0 Å². The Labute approximate surface area is 184 Å². The average Bonchev–Trinajstić information content (AvgIpc) is 3.35. The number of nitrogens with zero attached hydrogens (tertiary/aromatic N) is 3. The minimum absolute atomic E-state index is 0.200. The van der Waals surface area contributed by atoms with Crippen LogP contribution in [-0.2, 0) is 5.54 Å². The topological polar surface area (TPSA) is 54.0 Å². The number of rotatable bonds is 3. The fourth-order valence-electron chi connectivity index (χ4n) is 4.38. The van der Waals surface area contributed by atoms with Crippen molar-refractivity contribution in [2.75, 3.05) is 18.8 Å². The van der Waals surface area contributed by atoms with Crippen LogP contribution in [-0.4, -0.2) is 35.5 Å². The van der Waals surface area contributed by atoms with Crippen LogP contribution in [0, 0.1) is 5.92 Å². The fourth-order valence-corrected chi connectivity index (χ4v) is 5.88. The summed E-state index contributed by atoms with van der Waals surface area (Å²) in [5, 5.41) is 3.40. The van der Waals surface area contributed by atoms with Crippen molar-refractivity contribution in [1.29, 1.82) is 0 Å². The lowest BCUT2D eigenvalue weighted by Gasteiger charge is -2.36. The van der Waals surface area contributed by atoms with Crippen molar-refractivity contribution in [2.24, 2.45) is 21.6 Å². The molecule has 0 spiro atoms. The smallest absolute Gasteiger partial charge is 0.198 e. The van der Waals surface area contributed by atoms with E-state index >= 15 is 0 Å². The molecular formula is C22H20Cl2N4S. The van der Waals surface area contributed by atoms with Crippen LogP contribution < -0.4 is 5.73 Å². The van der Waals surface area contributed by atoms with Gasteiger partial charge in [-0.15, -0.1) is 11.8 Å². The summed E-state index contributed by atoms with van der Waals surface area (Å²) in [5.74, 6) is 2.69. The van der Waals surface area contributed by atoms with Crippen LogP contribution in [0.3, 0.4) is 0 Å². The van der Waals surface area contributed by atoms with Gasteiger partial charge in [0.15, 0.2) is 11.5 Å². The first kappa shape index (κ1) is 19.0. The van der Waals surface area contributed by atoms with Crippen LogP contribution in [0.5, 0.6) is 0 Å². The van der Waals surface area contributed by atoms with Gasteiger partial charge >= 0.3 is 0 Å². The minimum Gasteiger partial charge on any atom is -0.369 e. The van der Waals surface area contributed by atoms with Crippen LogP contribution in [0.15, 0.2) is 63.9 Å². The quantitative estimate of drug-likeness (QED) is 0.713. The molecule has 0 saturated heterocycles. The van der Waals surface area contributed by atoms with Crippen molar-refractivity contribution in [3.8, 4) is 11.1 Å². The Hall–Kier alpha value is -1.95. The third-order valence-corrected chi connectivity index (χ3v) is 7.02. The second kappa shape index (κ2) is 7.38. The molecule has 5 rings (SSSR count). The lowest BCUT2D eigenvalue weighted by molar-refractivity contribution is 0.451. The number of benzene rings is 2. The van der Waals surface area contributed by atoms with Gasteiger partial charge in [0.25, 0.3) is 0 Å². The lowest BCUT2D eigenvalue weighted by Crippen LogP contribution is -2.48. The minimum atomic E-state index is -0.594. The molecule has 7 heteroatoms. The van der Waals surface area contributed by atoms with E-state index in [1.54, 1.807) is 6.07 Å². The molecule has 0 amide bonds. The summed E-state index contributed by atoms with van der Waals surface area (Å²) >= 11 is 14.3. The monoisotopic (exact) mass is 442 g/mol. The molecule has 2 atom stereocenters. The lowest BCUT2D eigenvalue weighted by atomic mass is 9.77. The van der Waals surface area contributed by atoms with E-state index in [4.69, 9.17) is 38.9 Å². The molecule has 29 heavy (non-hydrogen) atoms. The molecule has 2 aromatic carbocycles. The van der Waals surface area contributed by atoms with Crippen LogP contribution in [0.2, 0.25) is 10.0 Å². The zero-order valence-electron chi connectivity index (χ0n) is 15.7. The number of fused-ring (bicyclic) bond motifs is 1. The summed E-state index contributed by atoms with van der Waals surface area (Å²) in [7, 11) is 0. The van der Waals surface area contributed by atoms with Crippen LogP contribution in [0.25, 0.3) is 11.1 Å². The Kier molecular flexibility index (Phi) is 4.85. The van der Waals surface area contributed by atoms with Crippen molar-refractivity contribution in [1.82, 2.24) is 4.90 Å². The summed E-state index contributed by atoms with van der Waals surface area (Å²) in [4.78, 5) is 12.1. The Balaban J connectivity index is 1.69. The molecule has 3 heterocycles. The van der Waals surface area contributed by atoms with E-state index in [1.807, 2.05) is 23.9 Å². The summed E-state index contributed by atoms with van der Waals surface area (Å²) in [5.41, 5.74) is 8.91. The maximum Gasteiger partial charge on any atom is 0.198 e. The van der Waals surface area contributed by atoms with Gasteiger partial charge in [0.1, 0.15) is 5.84 Å². The first-order chi connectivity index (χ1) is 14.1. The van der Waals surface area contributed by atoms with Crippen molar-refractivity contribution in [3.05, 3.63) is 69.6 Å². The van der Waals surface area contributed by atoms with Gasteiger partial charge in [0, 0.05) is 34.8 Å². The predicted molar refractivity (Wildman–Crippen MR) is 124 cm³/mol. The van der Waals surface area contributed by atoms with E-state index in [-0.39, 0.29) is 5.92 Å². The molecule has 0 fully saturated rings. The third-order valence-electron chi connectivity index (χ3n) is 5.68. The number of hydrogen-bond donors (Lipinski definition) is 1. The SMILES string of the molecule is NC1=NC(c2cccc(-c3cc(Cl)cc(Cl)c3)c2)(C2C=CSC2)C2=NCCCN12. The van der Waals surface area contributed by atoms with E-state index in [9.17, 15) is 0 Å². The first-order valence-electron chi connectivity index (χ1n) is 9.61. The average molecular weight is 443 g/mol. The van der Waals surface area contributed by atoms with Gasteiger partial charge in [-0.3, -0.25) is 9.89 Å². The third kappa shape index (κ3) is 3.16. The number of thioether (sulfide) groups is 1. The Morgan fingerprint density at radius 1 is 1.10 bits per heavy atom. The molecule has 148 valence electrons. The van der Waals surface area contributed by atoms with Gasteiger partial charge in [-0.1, -0.05) is 47.5 Å². The highest BCUT2D eigenvalue weighted by Gasteiger charge is 2.52. The predicted octanol–water partition coefficient (Wildman–Crippen LogP) is 5.16. The number of halogens is 2. The summed E-state index contributed by atoms with van der Waals surface area (Å²) in [6, 6.07) is 14.0. The molecule has 0 aliphatic carbocycles. The molecule has 0 bridgehead atoms.